The molecule has 3 aromatic rings. The third-order valence-electron chi connectivity index (χ3n) is 4.74. The molecule has 3 rings (SSSR count). The highest BCUT2D eigenvalue weighted by atomic mass is 32.2. The SMILES string of the molecule is COC(=O)[C@H](Cc1cn(S(=O)(=O)c2ccc(C)cc2)cn1)NS(=O)(=O)c1ccc(C)cc1. The van der Waals surface area contributed by atoms with Gasteiger partial charge in [0.25, 0.3) is 10.0 Å². The monoisotopic (exact) mass is 477 g/mol. The summed E-state index contributed by atoms with van der Waals surface area (Å²) < 4.78 is 59.0. The first kappa shape index (κ1) is 23.6. The van der Waals surface area contributed by atoms with Crippen molar-refractivity contribution >= 4 is 26.0 Å². The molecular weight excluding hydrogens is 454 g/mol. The van der Waals surface area contributed by atoms with Gasteiger partial charge in [-0.2, -0.15) is 4.72 Å². The van der Waals surface area contributed by atoms with Gasteiger partial charge >= 0.3 is 5.97 Å². The van der Waals surface area contributed by atoms with Gasteiger partial charge in [0, 0.05) is 12.6 Å². The summed E-state index contributed by atoms with van der Waals surface area (Å²) in [7, 11) is -6.77. The second-order valence-corrected chi connectivity index (χ2v) is 10.8. The summed E-state index contributed by atoms with van der Waals surface area (Å²) in [5.74, 6) is -0.823. The number of nitrogens with zero attached hydrogens (tertiary/aromatic N) is 2. The molecule has 0 fully saturated rings. The molecule has 1 heterocycles. The standard InChI is InChI=1S/C21H23N3O6S2/c1-15-4-8-18(9-5-15)31(26,27)23-20(21(25)30-3)12-17-13-24(14-22-17)32(28,29)19-10-6-16(2)7-11-19/h4-11,13-14,20,23H,12H2,1-3H3/t20-/m0/s1. The van der Waals surface area contributed by atoms with Gasteiger partial charge in [0.05, 0.1) is 22.6 Å². The first-order valence-electron chi connectivity index (χ1n) is 9.55. The number of imidazole rings is 1. The first-order valence-corrected chi connectivity index (χ1v) is 12.5. The quantitative estimate of drug-likeness (QED) is 0.491. The Bertz CT molecular complexity index is 1310. The second kappa shape index (κ2) is 9.23. The number of carbonyl (C=O) groups excluding carboxylic acids is 1. The van der Waals surface area contributed by atoms with Crippen molar-refractivity contribution in [3.8, 4) is 0 Å². The van der Waals surface area contributed by atoms with Crippen molar-refractivity contribution < 1.29 is 26.4 Å². The molecule has 0 saturated carbocycles. The number of aromatic nitrogens is 2. The fraction of sp³-hybridized carbons (Fsp3) is 0.238. The van der Waals surface area contributed by atoms with Gasteiger partial charge in [0.1, 0.15) is 12.4 Å². The Labute approximate surface area is 187 Å². The van der Waals surface area contributed by atoms with Crippen molar-refractivity contribution in [1.29, 1.82) is 0 Å². The van der Waals surface area contributed by atoms with E-state index in [2.05, 4.69) is 9.71 Å². The molecule has 1 aromatic heterocycles. The highest BCUT2D eigenvalue weighted by Gasteiger charge is 2.28. The zero-order valence-electron chi connectivity index (χ0n) is 17.7. The minimum absolute atomic E-state index is 0.00974. The molecule has 0 aliphatic heterocycles. The van der Waals surface area contributed by atoms with Crippen LogP contribution in [0.2, 0.25) is 0 Å². The minimum Gasteiger partial charge on any atom is -0.468 e. The van der Waals surface area contributed by atoms with Crippen molar-refractivity contribution in [2.75, 3.05) is 7.11 Å². The largest absolute Gasteiger partial charge is 0.468 e. The number of benzene rings is 2. The van der Waals surface area contributed by atoms with E-state index < -0.39 is 32.1 Å². The number of rotatable bonds is 8. The molecule has 32 heavy (non-hydrogen) atoms. The van der Waals surface area contributed by atoms with Crippen LogP contribution >= 0.6 is 0 Å². The van der Waals surface area contributed by atoms with E-state index in [0.29, 0.717) is 0 Å². The van der Waals surface area contributed by atoms with E-state index >= 15 is 0 Å². The summed E-state index contributed by atoms with van der Waals surface area (Å²) in [6, 6.07) is 11.2. The molecule has 2 aromatic carbocycles. The van der Waals surface area contributed by atoms with E-state index in [1.807, 2.05) is 13.8 Å². The molecule has 170 valence electrons. The maximum Gasteiger partial charge on any atom is 0.324 e. The van der Waals surface area contributed by atoms with Crippen LogP contribution in [0.5, 0.6) is 0 Å². The summed E-state index contributed by atoms with van der Waals surface area (Å²) in [5.41, 5.74) is 1.99. The third kappa shape index (κ3) is 5.23. The zero-order chi connectivity index (χ0) is 23.5. The molecule has 11 heteroatoms. The van der Waals surface area contributed by atoms with Crippen LogP contribution in [0.1, 0.15) is 16.8 Å². The van der Waals surface area contributed by atoms with Crippen molar-refractivity contribution in [3.63, 3.8) is 0 Å². The predicted molar refractivity (Wildman–Crippen MR) is 117 cm³/mol. The lowest BCUT2D eigenvalue weighted by Crippen LogP contribution is -2.43. The summed E-state index contributed by atoms with van der Waals surface area (Å²) >= 11 is 0. The summed E-state index contributed by atoms with van der Waals surface area (Å²) in [5, 5.41) is 0. The Balaban J connectivity index is 1.84. The average molecular weight is 478 g/mol. The van der Waals surface area contributed by atoms with Crippen LogP contribution in [-0.4, -0.2) is 44.9 Å². The van der Waals surface area contributed by atoms with Crippen LogP contribution in [0.3, 0.4) is 0 Å². The predicted octanol–water partition coefficient (Wildman–Crippen LogP) is 1.80. The molecular formula is C21H23N3O6S2. The number of ether oxygens (including phenoxy) is 1. The van der Waals surface area contributed by atoms with Crippen LogP contribution in [0.25, 0.3) is 0 Å². The Morgan fingerprint density at radius 3 is 2.03 bits per heavy atom. The van der Waals surface area contributed by atoms with Gasteiger partial charge in [-0.05, 0) is 38.1 Å². The lowest BCUT2D eigenvalue weighted by atomic mass is 10.2. The van der Waals surface area contributed by atoms with Gasteiger partial charge in [-0.1, -0.05) is 35.4 Å². The van der Waals surface area contributed by atoms with Crippen molar-refractivity contribution in [2.24, 2.45) is 0 Å². The van der Waals surface area contributed by atoms with Crippen LogP contribution in [0.4, 0.5) is 0 Å². The Hall–Kier alpha value is -3.02. The normalized spacial score (nSPS) is 13.0. The first-order chi connectivity index (χ1) is 15.0. The number of hydrogen-bond acceptors (Lipinski definition) is 7. The highest BCUT2D eigenvalue weighted by Crippen LogP contribution is 2.16. The molecule has 0 unspecified atom stereocenters. The molecule has 0 aliphatic rings. The number of aryl methyl sites for hydroxylation is 2. The lowest BCUT2D eigenvalue weighted by Gasteiger charge is -2.16. The van der Waals surface area contributed by atoms with Gasteiger partial charge in [0.2, 0.25) is 10.0 Å². The molecule has 0 bridgehead atoms. The minimum atomic E-state index is -4.02. The van der Waals surface area contributed by atoms with Gasteiger partial charge in [-0.25, -0.2) is 25.8 Å². The Morgan fingerprint density at radius 2 is 1.50 bits per heavy atom. The van der Waals surface area contributed by atoms with Crippen LogP contribution < -0.4 is 4.72 Å². The second-order valence-electron chi connectivity index (χ2n) is 7.23. The maximum atomic E-state index is 12.8. The highest BCUT2D eigenvalue weighted by molar-refractivity contribution is 7.90. The smallest absolute Gasteiger partial charge is 0.324 e. The topological polar surface area (TPSA) is 124 Å². The van der Waals surface area contributed by atoms with Crippen LogP contribution in [-0.2, 0) is 36.0 Å². The number of esters is 1. The van der Waals surface area contributed by atoms with Crippen LogP contribution in [0, 0.1) is 13.8 Å². The van der Waals surface area contributed by atoms with Crippen molar-refractivity contribution in [3.05, 3.63) is 77.9 Å². The summed E-state index contributed by atoms with van der Waals surface area (Å²) in [6.07, 6.45) is 2.15. The molecule has 1 N–H and O–H groups in total. The Kier molecular flexibility index (Phi) is 6.82. The zero-order valence-corrected chi connectivity index (χ0v) is 19.4. The van der Waals surface area contributed by atoms with E-state index in [-0.39, 0.29) is 21.9 Å². The molecule has 0 radical (unpaired) electrons. The summed E-state index contributed by atoms with van der Waals surface area (Å²) in [4.78, 5) is 16.3. The average Bonchev–Trinajstić information content (AvgIpc) is 3.22. The maximum absolute atomic E-state index is 12.8. The molecule has 0 amide bonds. The van der Waals surface area contributed by atoms with E-state index in [9.17, 15) is 21.6 Å². The van der Waals surface area contributed by atoms with E-state index in [1.165, 1.54) is 30.5 Å². The summed E-state index contributed by atoms with van der Waals surface area (Å²) in [6.45, 7) is 3.67. The van der Waals surface area contributed by atoms with E-state index in [1.54, 1.807) is 24.3 Å². The van der Waals surface area contributed by atoms with Gasteiger partial charge in [-0.3, -0.25) is 4.79 Å². The van der Waals surface area contributed by atoms with E-state index in [4.69, 9.17) is 4.74 Å². The van der Waals surface area contributed by atoms with Crippen LogP contribution in [0.15, 0.2) is 70.8 Å². The molecule has 0 spiro atoms. The molecule has 0 saturated heterocycles. The van der Waals surface area contributed by atoms with E-state index in [0.717, 1.165) is 28.5 Å². The number of methoxy groups -OCH3 is 1. The third-order valence-corrected chi connectivity index (χ3v) is 7.85. The van der Waals surface area contributed by atoms with Gasteiger partial charge in [0.15, 0.2) is 0 Å². The lowest BCUT2D eigenvalue weighted by molar-refractivity contribution is -0.142. The van der Waals surface area contributed by atoms with Gasteiger partial charge < -0.3 is 4.74 Å². The molecule has 0 aliphatic carbocycles. The number of nitrogens with one attached hydrogen (secondary N) is 1. The fourth-order valence-corrected chi connectivity index (χ4v) is 5.25. The van der Waals surface area contributed by atoms with Crippen molar-refractivity contribution in [1.82, 2.24) is 13.7 Å². The number of carbonyl (C=O) groups is 1. The molecule has 9 nitrogen and oxygen atoms in total. The number of hydrogen-bond donors (Lipinski definition) is 1. The van der Waals surface area contributed by atoms with Gasteiger partial charge in [-0.15, -0.1) is 0 Å². The Morgan fingerprint density at radius 1 is 0.969 bits per heavy atom. The fourth-order valence-electron chi connectivity index (χ4n) is 2.91. The number of sulfonamides is 1. The molecule has 1 atom stereocenters. The van der Waals surface area contributed by atoms with Crippen molar-refractivity contribution in [2.45, 2.75) is 36.1 Å².